The van der Waals surface area contributed by atoms with E-state index in [0.29, 0.717) is 13.1 Å². The number of hydrogen-bond donors (Lipinski definition) is 1. The average Bonchev–Trinajstić information content (AvgIpc) is 3.06. The minimum atomic E-state index is 0.108. The molecule has 26 heavy (non-hydrogen) atoms. The third-order valence-corrected chi connectivity index (χ3v) is 5.85. The molecule has 7 heteroatoms. The summed E-state index contributed by atoms with van der Waals surface area (Å²) in [5.41, 5.74) is 1.11. The number of amides is 1. The van der Waals surface area contributed by atoms with Gasteiger partial charge in [-0.2, -0.15) is 0 Å². The first-order chi connectivity index (χ1) is 12.6. The third-order valence-electron chi connectivity index (χ3n) is 4.64. The van der Waals surface area contributed by atoms with Crippen LogP contribution in [0.4, 0.5) is 0 Å². The summed E-state index contributed by atoms with van der Waals surface area (Å²) in [4.78, 5) is 17.8. The monoisotopic (exact) mass is 393 g/mol. The summed E-state index contributed by atoms with van der Waals surface area (Å²) < 4.78 is 6.27. The van der Waals surface area contributed by atoms with E-state index in [0.717, 1.165) is 40.2 Å². The zero-order chi connectivity index (χ0) is 18.5. The van der Waals surface area contributed by atoms with Gasteiger partial charge in [0.2, 0.25) is 5.91 Å². The van der Waals surface area contributed by atoms with Gasteiger partial charge in [-0.15, -0.1) is 11.3 Å². The van der Waals surface area contributed by atoms with Gasteiger partial charge in [-0.05, 0) is 18.2 Å². The van der Waals surface area contributed by atoms with Gasteiger partial charge in [0.1, 0.15) is 5.75 Å². The molecular weight excluding hydrogens is 370 g/mol. The van der Waals surface area contributed by atoms with Gasteiger partial charge in [0, 0.05) is 37.1 Å². The maximum atomic E-state index is 12.8. The van der Waals surface area contributed by atoms with Crippen molar-refractivity contribution in [2.24, 2.45) is 0 Å². The molecule has 0 radical (unpaired) electrons. The van der Waals surface area contributed by atoms with Crippen molar-refractivity contribution in [1.29, 1.82) is 0 Å². The van der Waals surface area contributed by atoms with E-state index in [1.165, 1.54) is 11.3 Å². The Hall–Kier alpha value is -1.60. The van der Waals surface area contributed by atoms with Crippen LogP contribution in [0.2, 0.25) is 4.34 Å². The van der Waals surface area contributed by atoms with E-state index in [1.807, 2.05) is 37.4 Å². The number of ether oxygens (including phenoxy) is 1. The summed E-state index contributed by atoms with van der Waals surface area (Å²) in [7, 11) is 3.53. The Morgan fingerprint density at radius 1 is 1.38 bits per heavy atom. The second-order valence-electron chi connectivity index (χ2n) is 6.39. The lowest BCUT2D eigenvalue weighted by Gasteiger charge is -2.37. The maximum absolute atomic E-state index is 12.8. The zero-order valence-corrected chi connectivity index (χ0v) is 16.6. The predicted octanol–water partition coefficient (Wildman–Crippen LogP) is 3.02. The van der Waals surface area contributed by atoms with Crippen LogP contribution in [-0.2, 0) is 11.3 Å². The summed E-state index contributed by atoms with van der Waals surface area (Å²) in [6.45, 7) is 3.48. The Kier molecular flexibility index (Phi) is 6.53. The van der Waals surface area contributed by atoms with Crippen molar-refractivity contribution in [2.45, 2.75) is 12.6 Å². The number of halogens is 1. The van der Waals surface area contributed by atoms with Crippen LogP contribution in [0, 0.1) is 0 Å². The van der Waals surface area contributed by atoms with Crippen molar-refractivity contribution in [1.82, 2.24) is 15.1 Å². The second kappa shape index (κ2) is 8.86. The molecule has 1 N–H and O–H groups in total. The van der Waals surface area contributed by atoms with E-state index in [1.54, 1.807) is 12.0 Å². The fourth-order valence-corrected chi connectivity index (χ4v) is 4.38. The topological polar surface area (TPSA) is 44.8 Å². The molecule has 0 saturated carbocycles. The molecule has 2 aromatic rings. The molecular formula is C19H24ClN3O2S. The Morgan fingerprint density at radius 3 is 2.92 bits per heavy atom. The van der Waals surface area contributed by atoms with Gasteiger partial charge in [-0.3, -0.25) is 9.69 Å². The number of benzene rings is 1. The summed E-state index contributed by atoms with van der Waals surface area (Å²) in [6.07, 6.45) is 0. The van der Waals surface area contributed by atoms with Crippen molar-refractivity contribution < 1.29 is 9.53 Å². The largest absolute Gasteiger partial charge is 0.496 e. The molecule has 1 aromatic heterocycles. The predicted molar refractivity (Wildman–Crippen MR) is 106 cm³/mol. The third kappa shape index (κ3) is 4.57. The van der Waals surface area contributed by atoms with Crippen molar-refractivity contribution in [2.75, 3.05) is 40.3 Å². The SMILES string of the molecule is COc1ccccc1C1CNCCN1CC(=O)N(C)Cc1ccc(Cl)s1. The fraction of sp³-hybridized carbons (Fsp3) is 0.421. The first kappa shape index (κ1) is 19.2. The molecule has 0 spiro atoms. The molecule has 1 aromatic carbocycles. The molecule has 1 unspecified atom stereocenters. The molecule has 3 rings (SSSR count). The number of methoxy groups -OCH3 is 1. The smallest absolute Gasteiger partial charge is 0.236 e. The van der Waals surface area contributed by atoms with E-state index in [4.69, 9.17) is 16.3 Å². The molecule has 1 atom stereocenters. The molecule has 1 aliphatic rings. The van der Waals surface area contributed by atoms with Crippen LogP contribution in [-0.4, -0.2) is 56.0 Å². The first-order valence-corrected chi connectivity index (χ1v) is 9.84. The van der Waals surface area contributed by atoms with Crippen molar-refractivity contribution in [3.63, 3.8) is 0 Å². The van der Waals surface area contributed by atoms with Gasteiger partial charge < -0.3 is 15.0 Å². The van der Waals surface area contributed by atoms with Gasteiger partial charge in [0.05, 0.1) is 30.6 Å². The average molecular weight is 394 g/mol. The lowest BCUT2D eigenvalue weighted by molar-refractivity contribution is -0.132. The number of carbonyl (C=O) groups excluding carboxylic acids is 1. The number of likely N-dealkylation sites (N-methyl/N-ethyl adjacent to an activating group) is 1. The van der Waals surface area contributed by atoms with Gasteiger partial charge in [-0.25, -0.2) is 0 Å². The van der Waals surface area contributed by atoms with Crippen LogP contribution >= 0.6 is 22.9 Å². The first-order valence-electron chi connectivity index (χ1n) is 8.64. The van der Waals surface area contributed by atoms with Crippen LogP contribution < -0.4 is 10.1 Å². The van der Waals surface area contributed by atoms with Crippen LogP contribution in [0.25, 0.3) is 0 Å². The Bertz CT molecular complexity index is 752. The number of carbonyl (C=O) groups is 1. The number of nitrogens with one attached hydrogen (secondary N) is 1. The summed E-state index contributed by atoms with van der Waals surface area (Å²) in [5, 5.41) is 3.42. The molecule has 1 amide bonds. The van der Waals surface area contributed by atoms with E-state index < -0.39 is 0 Å². The van der Waals surface area contributed by atoms with E-state index in [2.05, 4.69) is 16.3 Å². The van der Waals surface area contributed by atoms with Gasteiger partial charge >= 0.3 is 0 Å². The summed E-state index contributed by atoms with van der Waals surface area (Å²) in [5.74, 6) is 0.969. The maximum Gasteiger partial charge on any atom is 0.236 e. The number of hydrogen-bond acceptors (Lipinski definition) is 5. The number of piperazine rings is 1. The highest BCUT2D eigenvalue weighted by molar-refractivity contribution is 7.16. The Labute approximate surface area is 163 Å². The van der Waals surface area contributed by atoms with Gasteiger partial charge in [-0.1, -0.05) is 29.8 Å². The number of rotatable bonds is 6. The number of para-hydroxylation sites is 1. The van der Waals surface area contributed by atoms with Crippen LogP contribution in [0.15, 0.2) is 36.4 Å². The molecule has 0 bridgehead atoms. The molecule has 5 nitrogen and oxygen atoms in total. The lowest BCUT2D eigenvalue weighted by Crippen LogP contribution is -2.49. The van der Waals surface area contributed by atoms with Crippen LogP contribution in [0.3, 0.4) is 0 Å². The normalized spacial score (nSPS) is 17.9. The highest BCUT2D eigenvalue weighted by Gasteiger charge is 2.28. The standard InChI is InChI=1S/C19H24ClN3O2S/c1-22(12-14-7-8-18(20)26-14)19(24)13-23-10-9-21-11-16(23)15-5-3-4-6-17(15)25-2/h3-8,16,21H,9-13H2,1-2H3. The highest BCUT2D eigenvalue weighted by Crippen LogP contribution is 2.30. The molecule has 1 saturated heterocycles. The lowest BCUT2D eigenvalue weighted by atomic mass is 10.0. The molecule has 1 fully saturated rings. The van der Waals surface area contributed by atoms with Crippen LogP contribution in [0.5, 0.6) is 5.75 Å². The van der Waals surface area contributed by atoms with E-state index >= 15 is 0 Å². The highest BCUT2D eigenvalue weighted by atomic mass is 35.5. The van der Waals surface area contributed by atoms with Crippen molar-refractivity contribution in [3.05, 3.63) is 51.2 Å². The Balaban J connectivity index is 1.68. The van der Waals surface area contributed by atoms with Crippen molar-refractivity contribution in [3.8, 4) is 5.75 Å². The second-order valence-corrected chi connectivity index (χ2v) is 8.19. The van der Waals surface area contributed by atoms with Gasteiger partial charge in [0.25, 0.3) is 0 Å². The van der Waals surface area contributed by atoms with Crippen molar-refractivity contribution >= 4 is 28.8 Å². The minimum Gasteiger partial charge on any atom is -0.496 e. The molecule has 2 heterocycles. The quantitative estimate of drug-likeness (QED) is 0.819. The molecule has 140 valence electrons. The minimum absolute atomic E-state index is 0.108. The molecule has 0 aliphatic carbocycles. The van der Waals surface area contributed by atoms with E-state index in [-0.39, 0.29) is 11.9 Å². The van der Waals surface area contributed by atoms with E-state index in [9.17, 15) is 4.79 Å². The molecule has 1 aliphatic heterocycles. The fourth-order valence-electron chi connectivity index (χ4n) is 3.24. The summed E-state index contributed by atoms with van der Waals surface area (Å²) in [6, 6.07) is 12.0. The Morgan fingerprint density at radius 2 is 2.19 bits per heavy atom. The number of thiophene rings is 1. The van der Waals surface area contributed by atoms with Crippen LogP contribution in [0.1, 0.15) is 16.5 Å². The zero-order valence-electron chi connectivity index (χ0n) is 15.1. The summed E-state index contributed by atoms with van der Waals surface area (Å²) >= 11 is 7.50. The van der Waals surface area contributed by atoms with Gasteiger partial charge in [0.15, 0.2) is 0 Å². The number of nitrogens with zero attached hydrogens (tertiary/aromatic N) is 2.